The van der Waals surface area contributed by atoms with Crippen LogP contribution in [0.1, 0.15) is 44.4 Å². The van der Waals surface area contributed by atoms with Gasteiger partial charge in [0, 0.05) is 33.1 Å². The Morgan fingerprint density at radius 2 is 1.46 bits per heavy atom. The van der Waals surface area contributed by atoms with E-state index in [1.54, 1.807) is 45.0 Å². The fraction of sp³-hybridized carbons (Fsp3) is 0.440. The third-order valence-corrected chi connectivity index (χ3v) is 4.83. The number of para-hydroxylation sites is 2. The lowest BCUT2D eigenvalue weighted by Gasteiger charge is -2.32. The fourth-order valence-electron chi connectivity index (χ4n) is 3.16. The Bertz CT molecular complexity index is 1020. The Morgan fingerprint density at radius 3 is 2.03 bits per heavy atom. The monoisotopic (exact) mass is 496 g/mol. The lowest BCUT2D eigenvalue weighted by atomic mass is 10.0. The minimum Gasteiger partial charge on any atom is -0.493 e. The van der Waals surface area contributed by atoms with Crippen LogP contribution < -0.4 is 9.47 Å². The molecule has 2 aromatic carbocycles. The van der Waals surface area contributed by atoms with Crippen LogP contribution in [0.4, 0.5) is 22.8 Å². The second-order valence-corrected chi connectivity index (χ2v) is 9.04. The average Bonchev–Trinajstić information content (AvgIpc) is 2.75. The van der Waals surface area contributed by atoms with Gasteiger partial charge in [-0.2, -0.15) is 13.2 Å². The van der Waals surface area contributed by atoms with E-state index >= 15 is 0 Å². The van der Waals surface area contributed by atoms with Crippen LogP contribution in [0.3, 0.4) is 0 Å². The van der Waals surface area contributed by atoms with Crippen molar-refractivity contribution in [2.24, 2.45) is 0 Å². The summed E-state index contributed by atoms with van der Waals surface area (Å²) in [4.78, 5) is 27.6. The topological polar surface area (TPSA) is 68.3 Å². The van der Waals surface area contributed by atoms with E-state index in [9.17, 15) is 22.8 Å². The summed E-state index contributed by atoms with van der Waals surface area (Å²) >= 11 is 0. The van der Waals surface area contributed by atoms with Gasteiger partial charge in [0.15, 0.2) is 0 Å². The summed E-state index contributed by atoms with van der Waals surface area (Å²) in [6.07, 6.45) is -5.74. The Kier molecular flexibility index (Phi) is 9.00. The van der Waals surface area contributed by atoms with Crippen molar-refractivity contribution in [1.29, 1.82) is 0 Å². The normalized spacial score (nSPS) is 12.5. The summed E-state index contributed by atoms with van der Waals surface area (Å²) < 4.78 is 56.4. The molecule has 1 unspecified atom stereocenters. The van der Waals surface area contributed by atoms with Gasteiger partial charge in [-0.15, -0.1) is 0 Å². The number of carbonyl (C=O) groups is 2. The molecular formula is C25H31F3N2O5. The molecule has 0 heterocycles. The zero-order valence-corrected chi connectivity index (χ0v) is 20.7. The highest BCUT2D eigenvalue weighted by atomic mass is 19.4. The summed E-state index contributed by atoms with van der Waals surface area (Å²) in [5.41, 5.74) is -1.18. The molecule has 0 aromatic heterocycles. The quantitative estimate of drug-likeness (QED) is 0.460. The van der Waals surface area contributed by atoms with Crippen LogP contribution in [-0.2, 0) is 10.9 Å². The van der Waals surface area contributed by atoms with Gasteiger partial charge >= 0.3 is 18.4 Å². The van der Waals surface area contributed by atoms with E-state index < -0.39 is 35.6 Å². The lowest BCUT2D eigenvalue weighted by Crippen LogP contribution is -2.37. The first-order valence-electron chi connectivity index (χ1n) is 10.9. The van der Waals surface area contributed by atoms with Crippen molar-refractivity contribution in [3.8, 4) is 11.5 Å². The summed E-state index contributed by atoms with van der Waals surface area (Å²) in [5, 5.41) is 0. The van der Waals surface area contributed by atoms with Gasteiger partial charge in [0.05, 0.1) is 18.2 Å². The molecule has 0 spiro atoms. The van der Waals surface area contributed by atoms with E-state index in [4.69, 9.17) is 14.2 Å². The third-order valence-electron chi connectivity index (χ3n) is 4.83. The van der Waals surface area contributed by atoms with Crippen LogP contribution in [-0.4, -0.2) is 55.3 Å². The van der Waals surface area contributed by atoms with Crippen LogP contribution in [0.15, 0.2) is 48.5 Å². The van der Waals surface area contributed by atoms with E-state index in [-0.39, 0.29) is 24.5 Å². The third kappa shape index (κ3) is 8.08. The lowest BCUT2D eigenvalue weighted by molar-refractivity contribution is -0.139. The SMILES string of the molecule is CN(C)C(=O)Oc1ccccc1C(CCOc1ccccc1C(F)(F)F)N(C)C(=O)OC(C)(C)C. The molecule has 1 atom stereocenters. The van der Waals surface area contributed by atoms with Gasteiger partial charge in [-0.3, -0.25) is 0 Å². The molecule has 0 bridgehead atoms. The van der Waals surface area contributed by atoms with Gasteiger partial charge < -0.3 is 24.0 Å². The molecular weight excluding hydrogens is 465 g/mol. The van der Waals surface area contributed by atoms with Gasteiger partial charge in [0.1, 0.15) is 17.1 Å². The molecule has 192 valence electrons. The number of rotatable bonds is 7. The summed E-state index contributed by atoms with van der Waals surface area (Å²) in [7, 11) is 4.56. The van der Waals surface area contributed by atoms with Crippen LogP contribution in [0.5, 0.6) is 11.5 Å². The predicted molar refractivity (Wildman–Crippen MR) is 124 cm³/mol. The molecule has 0 aliphatic rings. The van der Waals surface area contributed by atoms with Gasteiger partial charge in [-0.25, -0.2) is 9.59 Å². The molecule has 0 saturated carbocycles. The summed E-state index contributed by atoms with van der Waals surface area (Å²) in [5.74, 6) is -0.103. The number of alkyl halides is 3. The number of hydrogen-bond acceptors (Lipinski definition) is 5. The van der Waals surface area contributed by atoms with E-state index in [2.05, 4.69) is 0 Å². The molecule has 0 radical (unpaired) electrons. The van der Waals surface area contributed by atoms with Gasteiger partial charge in [-0.05, 0) is 39.0 Å². The maximum absolute atomic E-state index is 13.3. The average molecular weight is 497 g/mol. The number of carbonyl (C=O) groups excluding carboxylic acids is 2. The predicted octanol–water partition coefficient (Wildman–Crippen LogP) is 6.14. The minimum atomic E-state index is -4.57. The van der Waals surface area contributed by atoms with Crippen molar-refractivity contribution in [3.63, 3.8) is 0 Å². The smallest absolute Gasteiger partial charge is 0.419 e. The Hall–Kier alpha value is -3.43. The first-order valence-corrected chi connectivity index (χ1v) is 10.9. The second kappa shape index (κ2) is 11.3. The second-order valence-electron chi connectivity index (χ2n) is 9.04. The molecule has 0 aliphatic carbocycles. The highest BCUT2D eigenvalue weighted by molar-refractivity contribution is 5.71. The first kappa shape index (κ1) is 27.8. The van der Waals surface area contributed by atoms with Crippen LogP contribution in [0, 0.1) is 0 Å². The van der Waals surface area contributed by atoms with Crippen molar-refractivity contribution in [2.75, 3.05) is 27.7 Å². The van der Waals surface area contributed by atoms with Crippen molar-refractivity contribution in [3.05, 3.63) is 59.7 Å². The van der Waals surface area contributed by atoms with Crippen molar-refractivity contribution in [2.45, 2.75) is 45.0 Å². The molecule has 2 aromatic rings. The molecule has 0 saturated heterocycles. The number of nitrogens with zero attached hydrogens (tertiary/aromatic N) is 2. The summed E-state index contributed by atoms with van der Waals surface area (Å²) in [6, 6.07) is 10.8. The number of hydrogen-bond donors (Lipinski definition) is 0. The zero-order valence-electron chi connectivity index (χ0n) is 20.7. The molecule has 2 rings (SSSR count). The number of halogens is 3. The highest BCUT2D eigenvalue weighted by Crippen LogP contribution is 2.37. The Balaban J connectivity index is 2.35. The van der Waals surface area contributed by atoms with Gasteiger partial charge in [-0.1, -0.05) is 30.3 Å². The number of amides is 2. The van der Waals surface area contributed by atoms with Crippen molar-refractivity contribution >= 4 is 12.2 Å². The van der Waals surface area contributed by atoms with E-state index in [1.807, 2.05) is 0 Å². The Morgan fingerprint density at radius 1 is 0.886 bits per heavy atom. The van der Waals surface area contributed by atoms with E-state index in [0.717, 1.165) is 6.07 Å². The molecule has 35 heavy (non-hydrogen) atoms. The largest absolute Gasteiger partial charge is 0.493 e. The summed E-state index contributed by atoms with van der Waals surface area (Å²) in [6.45, 7) is 5.01. The molecule has 0 fully saturated rings. The Labute approximate surface area is 203 Å². The van der Waals surface area contributed by atoms with E-state index in [1.165, 1.54) is 49.1 Å². The van der Waals surface area contributed by atoms with Gasteiger partial charge in [0.2, 0.25) is 0 Å². The van der Waals surface area contributed by atoms with Crippen LogP contribution in [0.2, 0.25) is 0 Å². The van der Waals surface area contributed by atoms with Crippen LogP contribution >= 0.6 is 0 Å². The minimum absolute atomic E-state index is 0.0957. The van der Waals surface area contributed by atoms with Gasteiger partial charge in [0.25, 0.3) is 0 Å². The van der Waals surface area contributed by atoms with Crippen molar-refractivity contribution in [1.82, 2.24) is 9.80 Å². The van der Waals surface area contributed by atoms with Crippen molar-refractivity contribution < 1.29 is 37.0 Å². The molecule has 0 N–H and O–H groups in total. The molecule has 7 nitrogen and oxygen atoms in total. The standard InChI is InChI=1S/C25H31F3N2O5/c1-24(2,3)35-23(32)30(6)19(17-11-7-9-13-20(17)34-22(31)29(4)5)15-16-33-21-14-10-8-12-18(21)25(26,27)28/h7-14,19H,15-16H2,1-6H3. The molecule has 2 amide bonds. The number of benzene rings is 2. The fourth-order valence-corrected chi connectivity index (χ4v) is 3.16. The maximum Gasteiger partial charge on any atom is 0.419 e. The molecule has 0 aliphatic heterocycles. The van der Waals surface area contributed by atoms with E-state index in [0.29, 0.717) is 5.56 Å². The zero-order chi connectivity index (χ0) is 26.4. The number of ether oxygens (including phenoxy) is 3. The van der Waals surface area contributed by atoms with Crippen LogP contribution in [0.25, 0.3) is 0 Å². The molecule has 10 heteroatoms. The highest BCUT2D eigenvalue weighted by Gasteiger charge is 2.34. The maximum atomic E-state index is 13.3. The first-order chi connectivity index (χ1) is 16.2.